The Labute approximate surface area is 158 Å². The van der Waals surface area contributed by atoms with Gasteiger partial charge >= 0.3 is 0 Å². The van der Waals surface area contributed by atoms with E-state index in [2.05, 4.69) is 18.8 Å². The molecule has 0 unspecified atom stereocenters. The van der Waals surface area contributed by atoms with Crippen molar-refractivity contribution in [3.63, 3.8) is 0 Å². The summed E-state index contributed by atoms with van der Waals surface area (Å²) in [5.74, 6) is 1.63. The van der Waals surface area contributed by atoms with E-state index in [9.17, 15) is 4.39 Å². The third kappa shape index (κ3) is 2.66. The van der Waals surface area contributed by atoms with E-state index in [-0.39, 0.29) is 6.04 Å². The second kappa shape index (κ2) is 6.51. The lowest BCUT2D eigenvalue weighted by atomic mass is 10.0. The zero-order valence-electron chi connectivity index (χ0n) is 16.3. The monoisotopic (exact) mass is 369 g/mol. The van der Waals surface area contributed by atoms with Crippen molar-refractivity contribution in [3.05, 3.63) is 35.2 Å². The molecule has 1 atom stereocenters. The number of nitrogens with zero attached hydrogens (tertiary/aromatic N) is 3. The molecule has 0 fully saturated rings. The SMILES string of the molecule is COc1nc(C(C)C)ccc1-c1nc2c(C)cn3c2c(c1C)OC[C@H]3CF. The molecule has 0 radical (unpaired) electrons. The van der Waals surface area contributed by atoms with E-state index in [1.165, 1.54) is 0 Å². The minimum Gasteiger partial charge on any atom is -0.489 e. The van der Waals surface area contributed by atoms with E-state index in [1.54, 1.807) is 7.11 Å². The van der Waals surface area contributed by atoms with Crippen molar-refractivity contribution in [2.75, 3.05) is 20.4 Å². The molecule has 0 aromatic carbocycles. The quantitative estimate of drug-likeness (QED) is 0.666. The maximum atomic E-state index is 13.4. The maximum Gasteiger partial charge on any atom is 0.222 e. The molecule has 0 bridgehead atoms. The molecule has 0 saturated heterocycles. The summed E-state index contributed by atoms with van der Waals surface area (Å²) in [6.45, 7) is 8.03. The lowest BCUT2D eigenvalue weighted by Gasteiger charge is -2.26. The van der Waals surface area contributed by atoms with Gasteiger partial charge in [-0.3, -0.25) is 0 Å². The highest BCUT2D eigenvalue weighted by Gasteiger charge is 2.28. The van der Waals surface area contributed by atoms with E-state index in [0.717, 1.165) is 44.9 Å². The molecule has 3 aromatic heterocycles. The summed E-state index contributed by atoms with van der Waals surface area (Å²) in [5.41, 5.74) is 6.21. The average molecular weight is 369 g/mol. The fraction of sp³-hybridized carbons (Fsp3) is 0.429. The molecule has 1 aliphatic rings. The van der Waals surface area contributed by atoms with Gasteiger partial charge in [0.25, 0.3) is 0 Å². The van der Waals surface area contributed by atoms with Gasteiger partial charge in [0.15, 0.2) is 0 Å². The molecular weight excluding hydrogens is 345 g/mol. The van der Waals surface area contributed by atoms with Crippen LogP contribution in [0.25, 0.3) is 22.3 Å². The largest absolute Gasteiger partial charge is 0.489 e. The number of aromatic nitrogens is 3. The van der Waals surface area contributed by atoms with Crippen LogP contribution < -0.4 is 9.47 Å². The van der Waals surface area contributed by atoms with Gasteiger partial charge in [0.1, 0.15) is 24.5 Å². The molecule has 27 heavy (non-hydrogen) atoms. The molecular formula is C21H24FN3O2. The highest BCUT2D eigenvalue weighted by molar-refractivity contribution is 5.91. The van der Waals surface area contributed by atoms with Crippen molar-refractivity contribution in [2.24, 2.45) is 0 Å². The van der Waals surface area contributed by atoms with Gasteiger partial charge < -0.3 is 14.0 Å². The molecule has 0 saturated carbocycles. The van der Waals surface area contributed by atoms with Crippen molar-refractivity contribution >= 4 is 11.0 Å². The van der Waals surface area contributed by atoms with Crippen LogP contribution in [0.2, 0.25) is 0 Å². The number of methoxy groups -OCH3 is 1. The van der Waals surface area contributed by atoms with E-state index in [1.807, 2.05) is 36.7 Å². The molecule has 5 nitrogen and oxygen atoms in total. The molecule has 3 aromatic rings. The Kier molecular flexibility index (Phi) is 4.29. The molecule has 0 aliphatic carbocycles. The Morgan fingerprint density at radius 2 is 2.07 bits per heavy atom. The number of halogens is 1. The highest BCUT2D eigenvalue weighted by Crippen LogP contribution is 2.42. The second-order valence-electron chi connectivity index (χ2n) is 7.40. The topological polar surface area (TPSA) is 49.2 Å². The van der Waals surface area contributed by atoms with Crippen molar-refractivity contribution in [2.45, 2.75) is 39.7 Å². The third-order valence-corrected chi connectivity index (χ3v) is 5.24. The fourth-order valence-corrected chi connectivity index (χ4v) is 3.71. The number of aryl methyl sites for hydroxylation is 1. The number of pyridine rings is 2. The Morgan fingerprint density at radius 1 is 1.30 bits per heavy atom. The van der Waals surface area contributed by atoms with Crippen LogP contribution in [0.1, 0.15) is 42.6 Å². The molecule has 1 aliphatic heterocycles. The van der Waals surface area contributed by atoms with Crippen LogP contribution in [0, 0.1) is 13.8 Å². The summed E-state index contributed by atoms with van der Waals surface area (Å²) in [5, 5.41) is 0. The van der Waals surface area contributed by atoms with Crippen molar-refractivity contribution in [1.82, 2.24) is 14.5 Å². The van der Waals surface area contributed by atoms with E-state index in [0.29, 0.717) is 18.4 Å². The second-order valence-corrected chi connectivity index (χ2v) is 7.40. The van der Waals surface area contributed by atoms with Crippen molar-refractivity contribution in [3.8, 4) is 22.9 Å². The maximum absolute atomic E-state index is 13.4. The fourth-order valence-electron chi connectivity index (χ4n) is 3.71. The summed E-state index contributed by atoms with van der Waals surface area (Å²) in [7, 11) is 1.62. The highest BCUT2D eigenvalue weighted by atomic mass is 19.1. The van der Waals surface area contributed by atoms with Gasteiger partial charge in [0.2, 0.25) is 5.88 Å². The van der Waals surface area contributed by atoms with Gasteiger partial charge in [-0.15, -0.1) is 0 Å². The van der Waals surface area contributed by atoms with Crippen molar-refractivity contribution < 1.29 is 13.9 Å². The number of alkyl halides is 1. The molecule has 4 heterocycles. The standard InChI is InChI=1S/C21H24FN3O2/c1-11(2)16-7-6-15(21(23-16)26-5)18-13(4)20-19-17(24-18)12(3)9-25(19)14(8-22)10-27-20/h6-7,9,11,14H,8,10H2,1-5H3/t14-/m1/s1. The van der Waals surface area contributed by atoms with Crippen LogP contribution in [0.4, 0.5) is 4.39 Å². The van der Waals surface area contributed by atoms with Gasteiger partial charge in [-0.2, -0.15) is 0 Å². The Hall–Kier alpha value is -2.63. The number of hydrogen-bond acceptors (Lipinski definition) is 4. The predicted octanol–water partition coefficient (Wildman–Crippen LogP) is 4.75. The summed E-state index contributed by atoms with van der Waals surface area (Å²) < 4.78 is 26.9. The molecule has 142 valence electrons. The van der Waals surface area contributed by atoms with Gasteiger partial charge in [-0.1, -0.05) is 13.8 Å². The number of ether oxygens (including phenoxy) is 2. The Morgan fingerprint density at radius 3 is 2.74 bits per heavy atom. The van der Waals surface area contributed by atoms with Crippen LogP contribution in [-0.4, -0.2) is 34.9 Å². The summed E-state index contributed by atoms with van der Waals surface area (Å²) in [4.78, 5) is 9.57. The summed E-state index contributed by atoms with van der Waals surface area (Å²) in [6, 6.07) is 3.72. The molecule has 6 heteroatoms. The van der Waals surface area contributed by atoms with Crippen molar-refractivity contribution in [1.29, 1.82) is 0 Å². The Balaban J connectivity index is 1.97. The smallest absolute Gasteiger partial charge is 0.222 e. The average Bonchev–Trinajstić information content (AvgIpc) is 3.00. The summed E-state index contributed by atoms with van der Waals surface area (Å²) in [6.07, 6.45) is 1.97. The zero-order valence-corrected chi connectivity index (χ0v) is 16.3. The van der Waals surface area contributed by atoms with E-state index >= 15 is 0 Å². The first-order valence-electron chi connectivity index (χ1n) is 9.22. The first kappa shape index (κ1) is 17.8. The Bertz CT molecular complexity index is 1030. The van der Waals surface area contributed by atoms with Crippen LogP contribution in [0.5, 0.6) is 11.6 Å². The molecule has 4 rings (SSSR count). The van der Waals surface area contributed by atoms with Gasteiger partial charge in [-0.05, 0) is 37.5 Å². The molecule has 0 amide bonds. The van der Waals surface area contributed by atoms with E-state index < -0.39 is 6.67 Å². The van der Waals surface area contributed by atoms with E-state index in [4.69, 9.17) is 14.5 Å². The third-order valence-electron chi connectivity index (χ3n) is 5.24. The van der Waals surface area contributed by atoms with Crippen LogP contribution in [0.15, 0.2) is 18.3 Å². The minimum absolute atomic E-state index is 0.303. The number of hydrogen-bond donors (Lipinski definition) is 0. The first-order valence-corrected chi connectivity index (χ1v) is 9.22. The lowest BCUT2D eigenvalue weighted by Crippen LogP contribution is -2.23. The zero-order chi connectivity index (χ0) is 19.3. The van der Waals surface area contributed by atoms with Gasteiger partial charge in [-0.25, -0.2) is 14.4 Å². The molecule has 0 spiro atoms. The van der Waals surface area contributed by atoms with Crippen LogP contribution >= 0.6 is 0 Å². The van der Waals surface area contributed by atoms with Gasteiger partial charge in [0, 0.05) is 17.5 Å². The van der Waals surface area contributed by atoms with Crippen LogP contribution in [-0.2, 0) is 0 Å². The summed E-state index contributed by atoms with van der Waals surface area (Å²) >= 11 is 0. The number of rotatable bonds is 4. The molecule has 0 N–H and O–H groups in total. The predicted molar refractivity (Wildman–Crippen MR) is 104 cm³/mol. The minimum atomic E-state index is -0.460. The van der Waals surface area contributed by atoms with Crippen LogP contribution in [0.3, 0.4) is 0 Å². The first-order chi connectivity index (χ1) is 13.0. The van der Waals surface area contributed by atoms with Gasteiger partial charge in [0.05, 0.1) is 29.9 Å². The normalized spacial score (nSPS) is 16.0. The lowest BCUT2D eigenvalue weighted by molar-refractivity contribution is 0.206.